The Kier molecular flexibility index (Phi) is 2.91. The Morgan fingerprint density at radius 3 is 3.07 bits per heavy atom. The van der Waals surface area contributed by atoms with Crippen LogP contribution in [0.3, 0.4) is 0 Å². The monoisotopic (exact) mass is 222 g/mol. The van der Waals surface area contributed by atoms with Crippen molar-refractivity contribution in [2.24, 2.45) is 7.05 Å². The second-order valence-electron chi connectivity index (χ2n) is 3.11. The molecule has 0 aliphatic heterocycles. The second kappa shape index (κ2) is 4.35. The van der Waals surface area contributed by atoms with Gasteiger partial charge in [0.05, 0.1) is 23.9 Å². The number of aromatic nitrogens is 3. The van der Waals surface area contributed by atoms with Gasteiger partial charge in [-0.25, -0.2) is 4.57 Å². The molecule has 15 heavy (non-hydrogen) atoms. The van der Waals surface area contributed by atoms with Crippen LogP contribution < -0.4 is 9.30 Å². The molecule has 4 nitrogen and oxygen atoms in total. The number of nitrogens with zero attached hydrogens (tertiary/aromatic N) is 3. The second-order valence-corrected chi connectivity index (χ2v) is 3.64. The Hall–Kier alpha value is -1.49. The summed E-state index contributed by atoms with van der Waals surface area (Å²) in [4.78, 5) is 0. The largest absolute Gasteiger partial charge is 0.476 e. The van der Waals surface area contributed by atoms with Crippen LogP contribution in [0, 0.1) is 0 Å². The van der Waals surface area contributed by atoms with Crippen molar-refractivity contribution in [3.63, 3.8) is 0 Å². The van der Waals surface area contributed by atoms with Gasteiger partial charge in [0.1, 0.15) is 7.05 Å². The van der Waals surface area contributed by atoms with Crippen molar-refractivity contribution in [1.29, 1.82) is 0 Å². The number of aryl methyl sites for hydroxylation is 1. The molecule has 0 saturated heterocycles. The van der Waals surface area contributed by atoms with Crippen LogP contribution in [0.15, 0.2) is 24.5 Å². The molecule has 0 amide bonds. The maximum atomic E-state index is 5.40. The quantitative estimate of drug-likeness (QED) is 0.737. The fourth-order valence-electron chi connectivity index (χ4n) is 1.32. The third kappa shape index (κ3) is 2.12. The van der Waals surface area contributed by atoms with Crippen LogP contribution in [-0.4, -0.2) is 15.4 Å². The predicted octanol–water partition coefficient (Wildman–Crippen LogP) is 1.43. The molecule has 2 heterocycles. The van der Waals surface area contributed by atoms with Crippen LogP contribution >= 0.6 is 11.7 Å². The van der Waals surface area contributed by atoms with Gasteiger partial charge in [0.2, 0.25) is 0 Å². The summed E-state index contributed by atoms with van der Waals surface area (Å²) in [5.41, 5.74) is 1.84. The van der Waals surface area contributed by atoms with Gasteiger partial charge in [0.15, 0.2) is 18.1 Å². The zero-order chi connectivity index (χ0) is 10.7. The maximum absolute atomic E-state index is 5.40. The molecule has 2 aromatic rings. The molecule has 2 rings (SSSR count). The highest BCUT2D eigenvalue weighted by atomic mass is 32.1. The number of pyridine rings is 1. The summed E-state index contributed by atoms with van der Waals surface area (Å²) in [5, 5.41) is 0. The van der Waals surface area contributed by atoms with Crippen LogP contribution in [0.4, 0.5) is 0 Å². The fourth-order valence-corrected chi connectivity index (χ4v) is 1.84. The van der Waals surface area contributed by atoms with Gasteiger partial charge in [-0.05, 0) is 13.0 Å². The lowest BCUT2D eigenvalue weighted by Crippen LogP contribution is -2.26. The molecule has 0 spiro atoms. The summed E-state index contributed by atoms with van der Waals surface area (Å²) < 4.78 is 15.7. The van der Waals surface area contributed by atoms with Crippen molar-refractivity contribution in [3.05, 3.63) is 24.5 Å². The summed E-state index contributed by atoms with van der Waals surface area (Å²) in [6, 6.07) is 3.98. The highest BCUT2D eigenvalue weighted by Crippen LogP contribution is 2.26. The summed E-state index contributed by atoms with van der Waals surface area (Å²) in [6.45, 7) is 2.55. The zero-order valence-electron chi connectivity index (χ0n) is 8.67. The molecular formula is C10H12N3OS+. The molecule has 0 radical (unpaired) electrons. The van der Waals surface area contributed by atoms with Crippen LogP contribution in [0.25, 0.3) is 11.3 Å². The van der Waals surface area contributed by atoms with E-state index < -0.39 is 0 Å². The summed E-state index contributed by atoms with van der Waals surface area (Å²) in [6.07, 6.45) is 3.98. The molecule has 0 aliphatic carbocycles. The van der Waals surface area contributed by atoms with E-state index in [1.54, 1.807) is 0 Å². The number of hydrogen-bond acceptors (Lipinski definition) is 4. The van der Waals surface area contributed by atoms with Crippen LogP contribution in [-0.2, 0) is 7.05 Å². The van der Waals surface area contributed by atoms with E-state index in [-0.39, 0.29) is 0 Å². The molecule has 0 bridgehead atoms. The fraction of sp³-hybridized carbons (Fsp3) is 0.300. The first-order chi connectivity index (χ1) is 7.31. The van der Waals surface area contributed by atoms with Gasteiger partial charge in [-0.2, -0.15) is 4.37 Å². The van der Waals surface area contributed by atoms with E-state index in [1.807, 2.05) is 43.1 Å². The highest BCUT2D eigenvalue weighted by Gasteiger charge is 2.13. The minimum atomic E-state index is 0.609. The van der Waals surface area contributed by atoms with Gasteiger partial charge in [-0.3, -0.25) is 0 Å². The molecule has 78 valence electrons. The van der Waals surface area contributed by atoms with Crippen molar-refractivity contribution in [2.45, 2.75) is 6.92 Å². The number of ether oxygens (including phenoxy) is 1. The molecular weight excluding hydrogens is 210 g/mol. The van der Waals surface area contributed by atoms with Gasteiger partial charge < -0.3 is 4.74 Å². The Labute approximate surface area is 92.5 Å². The van der Waals surface area contributed by atoms with Crippen LogP contribution in [0.1, 0.15) is 6.92 Å². The van der Waals surface area contributed by atoms with Gasteiger partial charge in [-0.1, -0.05) is 0 Å². The van der Waals surface area contributed by atoms with E-state index in [0.29, 0.717) is 12.5 Å². The van der Waals surface area contributed by atoms with Gasteiger partial charge in [0.25, 0.3) is 5.88 Å². The zero-order valence-corrected chi connectivity index (χ0v) is 9.49. The Morgan fingerprint density at radius 2 is 2.33 bits per heavy atom. The predicted molar refractivity (Wildman–Crippen MR) is 57.7 cm³/mol. The average Bonchev–Trinajstić information content (AvgIpc) is 2.66. The molecule has 5 heteroatoms. The Balaban J connectivity index is 2.40. The van der Waals surface area contributed by atoms with E-state index in [1.165, 1.54) is 11.7 Å². The lowest BCUT2D eigenvalue weighted by molar-refractivity contribution is -0.671. The summed E-state index contributed by atoms with van der Waals surface area (Å²) in [7, 11) is 1.98. The van der Waals surface area contributed by atoms with E-state index in [2.05, 4.69) is 8.75 Å². The standard InChI is InChI=1S/C10H12N3OS/c1-3-14-10-9(11-15-12-10)8-5-4-6-13(2)7-8/h4-7H,3H2,1-2H3/q+1. The van der Waals surface area contributed by atoms with E-state index in [9.17, 15) is 0 Å². The van der Waals surface area contributed by atoms with Gasteiger partial charge >= 0.3 is 0 Å². The summed E-state index contributed by atoms with van der Waals surface area (Å²) in [5.74, 6) is 0.619. The van der Waals surface area contributed by atoms with E-state index >= 15 is 0 Å². The third-order valence-electron chi connectivity index (χ3n) is 1.95. The van der Waals surface area contributed by atoms with Gasteiger partial charge in [0, 0.05) is 6.07 Å². The smallest absolute Gasteiger partial charge is 0.254 e. The Morgan fingerprint density at radius 1 is 1.47 bits per heavy atom. The first-order valence-corrected chi connectivity index (χ1v) is 5.45. The molecule has 0 atom stereocenters. The van der Waals surface area contributed by atoms with Crippen molar-refractivity contribution in [2.75, 3.05) is 6.61 Å². The van der Waals surface area contributed by atoms with E-state index in [0.717, 1.165) is 11.3 Å². The average molecular weight is 222 g/mol. The normalized spacial score (nSPS) is 10.3. The van der Waals surface area contributed by atoms with Crippen molar-refractivity contribution in [1.82, 2.24) is 8.75 Å². The lowest BCUT2D eigenvalue weighted by atomic mass is 10.2. The molecule has 0 saturated carbocycles. The SMILES string of the molecule is CCOc1nsnc1-c1ccc[n+](C)c1. The number of hydrogen-bond donors (Lipinski definition) is 0. The first-order valence-electron chi connectivity index (χ1n) is 4.72. The first kappa shape index (κ1) is 10.0. The molecule has 0 N–H and O–H groups in total. The van der Waals surface area contributed by atoms with Crippen molar-refractivity contribution in [3.8, 4) is 17.1 Å². The topological polar surface area (TPSA) is 38.9 Å². The van der Waals surface area contributed by atoms with Crippen LogP contribution in [0.2, 0.25) is 0 Å². The summed E-state index contributed by atoms with van der Waals surface area (Å²) >= 11 is 1.17. The maximum Gasteiger partial charge on any atom is 0.254 e. The van der Waals surface area contributed by atoms with E-state index in [4.69, 9.17) is 4.74 Å². The molecule has 0 fully saturated rings. The van der Waals surface area contributed by atoms with Crippen molar-refractivity contribution >= 4 is 11.7 Å². The third-order valence-corrected chi connectivity index (χ3v) is 2.46. The number of rotatable bonds is 3. The molecule has 0 unspecified atom stereocenters. The molecule has 2 aromatic heterocycles. The van der Waals surface area contributed by atoms with Gasteiger partial charge in [-0.15, -0.1) is 4.37 Å². The minimum absolute atomic E-state index is 0.609. The lowest BCUT2D eigenvalue weighted by Gasteiger charge is -1.99. The molecule has 0 aliphatic rings. The minimum Gasteiger partial charge on any atom is -0.476 e. The van der Waals surface area contributed by atoms with Crippen molar-refractivity contribution < 1.29 is 9.30 Å². The highest BCUT2D eigenvalue weighted by molar-refractivity contribution is 6.99. The Bertz CT molecular complexity index is 455. The van der Waals surface area contributed by atoms with Crippen LogP contribution in [0.5, 0.6) is 5.88 Å². The molecule has 0 aromatic carbocycles.